The smallest absolute Gasteiger partial charge is 0.387 e. The van der Waals surface area contributed by atoms with Gasteiger partial charge in [0.15, 0.2) is 0 Å². The van der Waals surface area contributed by atoms with E-state index in [9.17, 15) is 13.6 Å². The third-order valence-corrected chi connectivity index (χ3v) is 6.09. The fourth-order valence-electron chi connectivity index (χ4n) is 4.33. The number of halogens is 2. The van der Waals surface area contributed by atoms with Crippen LogP contribution >= 0.6 is 0 Å². The molecule has 2 aromatic carbocycles. The Labute approximate surface area is 201 Å². The lowest BCUT2D eigenvalue weighted by atomic mass is 9.98. The Balaban J connectivity index is 1.44. The number of rotatable bonds is 5. The van der Waals surface area contributed by atoms with Crippen LogP contribution in [0.3, 0.4) is 0 Å². The Morgan fingerprint density at radius 1 is 1.06 bits per heavy atom. The first kappa shape index (κ1) is 23.0. The van der Waals surface area contributed by atoms with Crippen molar-refractivity contribution in [2.75, 3.05) is 43.1 Å². The van der Waals surface area contributed by atoms with Crippen LogP contribution in [0, 0.1) is 0 Å². The third-order valence-electron chi connectivity index (χ3n) is 6.09. The fourth-order valence-corrected chi connectivity index (χ4v) is 4.33. The molecule has 8 nitrogen and oxygen atoms in total. The zero-order valence-electron chi connectivity index (χ0n) is 18.9. The molecule has 2 aliphatic rings. The predicted octanol–water partition coefficient (Wildman–Crippen LogP) is 3.87. The molecule has 5 rings (SSSR count). The number of para-hydroxylation sites is 1. The van der Waals surface area contributed by atoms with Gasteiger partial charge >= 0.3 is 6.61 Å². The van der Waals surface area contributed by atoms with Crippen molar-refractivity contribution in [3.63, 3.8) is 0 Å². The van der Waals surface area contributed by atoms with E-state index in [1.807, 2.05) is 12.1 Å². The fraction of sp³-hybridized carbons (Fsp3) is 0.320. The number of benzene rings is 2. The molecule has 35 heavy (non-hydrogen) atoms. The standard InChI is InChI=1S/C25H25F2N5O3/c26-24(27)35-22-4-2-1-3-18(22)20-7-8-28-23(33)19-6-5-16(13-21(19)31-20)17-14-29-25(30-15-17)32-9-11-34-12-10-32/h1-6,13-15,20,24,31H,7-12H2,(H,28,33)/t20-/m1/s1. The molecule has 0 radical (unpaired) electrons. The highest BCUT2D eigenvalue weighted by Crippen LogP contribution is 2.35. The summed E-state index contributed by atoms with van der Waals surface area (Å²) in [6.45, 7) is 0.248. The number of alkyl halides is 2. The van der Waals surface area contributed by atoms with E-state index >= 15 is 0 Å². The number of aromatic nitrogens is 2. The van der Waals surface area contributed by atoms with Gasteiger partial charge in [0.05, 0.1) is 24.8 Å². The Morgan fingerprint density at radius 2 is 1.83 bits per heavy atom. The van der Waals surface area contributed by atoms with E-state index in [4.69, 9.17) is 9.47 Å². The minimum atomic E-state index is -2.93. The number of fused-ring (bicyclic) bond motifs is 1. The van der Waals surface area contributed by atoms with E-state index in [-0.39, 0.29) is 17.7 Å². The van der Waals surface area contributed by atoms with Crippen molar-refractivity contribution in [1.82, 2.24) is 15.3 Å². The van der Waals surface area contributed by atoms with Gasteiger partial charge in [-0.1, -0.05) is 24.3 Å². The molecule has 0 unspecified atom stereocenters. The van der Waals surface area contributed by atoms with Crippen LogP contribution in [-0.4, -0.2) is 55.3 Å². The Morgan fingerprint density at radius 3 is 2.60 bits per heavy atom. The first-order chi connectivity index (χ1) is 17.1. The maximum absolute atomic E-state index is 13.0. The molecule has 2 N–H and O–H groups in total. The second kappa shape index (κ2) is 10.2. The summed E-state index contributed by atoms with van der Waals surface area (Å²) in [7, 11) is 0. The van der Waals surface area contributed by atoms with E-state index in [0.29, 0.717) is 48.9 Å². The summed E-state index contributed by atoms with van der Waals surface area (Å²) in [5, 5.41) is 6.28. The number of nitrogens with zero attached hydrogens (tertiary/aromatic N) is 3. The number of anilines is 2. The Kier molecular flexibility index (Phi) is 6.71. The summed E-state index contributed by atoms with van der Waals surface area (Å²) < 4.78 is 36.1. The van der Waals surface area contributed by atoms with Crippen LogP contribution in [0.4, 0.5) is 20.4 Å². The average molecular weight is 482 g/mol. The third kappa shape index (κ3) is 5.17. The molecule has 1 atom stereocenters. The van der Waals surface area contributed by atoms with Gasteiger partial charge < -0.3 is 25.0 Å². The first-order valence-electron chi connectivity index (χ1n) is 11.5. The lowest BCUT2D eigenvalue weighted by Gasteiger charge is -2.27. The van der Waals surface area contributed by atoms with Crippen LogP contribution in [0.2, 0.25) is 0 Å². The van der Waals surface area contributed by atoms with Gasteiger partial charge in [-0.05, 0) is 30.2 Å². The van der Waals surface area contributed by atoms with Crippen molar-refractivity contribution in [3.8, 4) is 16.9 Å². The second-order valence-electron chi connectivity index (χ2n) is 8.29. The summed E-state index contributed by atoms with van der Waals surface area (Å²) in [5.41, 5.74) is 3.28. The topological polar surface area (TPSA) is 88.6 Å². The van der Waals surface area contributed by atoms with Crippen LogP contribution in [0.25, 0.3) is 11.1 Å². The van der Waals surface area contributed by atoms with Gasteiger partial charge in [0.1, 0.15) is 5.75 Å². The molecule has 1 amide bonds. The number of carbonyl (C=O) groups is 1. The van der Waals surface area contributed by atoms with Crippen LogP contribution in [0.15, 0.2) is 54.9 Å². The van der Waals surface area contributed by atoms with Crippen molar-refractivity contribution >= 4 is 17.5 Å². The SMILES string of the molecule is O=C1NCC[C@H](c2ccccc2OC(F)F)Nc2cc(-c3cnc(N4CCOCC4)nc3)ccc21. The number of morpholine rings is 1. The summed E-state index contributed by atoms with van der Waals surface area (Å²) in [6.07, 6.45) is 4.01. The van der Waals surface area contributed by atoms with Gasteiger partial charge in [0.25, 0.3) is 5.91 Å². The van der Waals surface area contributed by atoms with Crippen LogP contribution < -0.4 is 20.3 Å². The summed E-state index contributed by atoms with van der Waals surface area (Å²) in [5.74, 6) is 0.557. The van der Waals surface area contributed by atoms with Crippen LogP contribution in [0.1, 0.15) is 28.4 Å². The van der Waals surface area contributed by atoms with Gasteiger partial charge in [0, 0.05) is 48.8 Å². The molecule has 3 aromatic rings. The molecular weight excluding hydrogens is 456 g/mol. The van der Waals surface area contributed by atoms with E-state index in [2.05, 4.69) is 25.5 Å². The number of carbonyl (C=O) groups excluding carboxylic acids is 1. The number of hydrogen-bond acceptors (Lipinski definition) is 7. The van der Waals surface area contributed by atoms with E-state index in [1.165, 1.54) is 6.07 Å². The molecule has 0 aliphatic carbocycles. The van der Waals surface area contributed by atoms with E-state index in [1.54, 1.807) is 36.7 Å². The van der Waals surface area contributed by atoms with Gasteiger partial charge in [-0.2, -0.15) is 8.78 Å². The molecule has 0 saturated carbocycles. The zero-order chi connectivity index (χ0) is 24.2. The summed E-state index contributed by atoms with van der Waals surface area (Å²) in [6, 6.07) is 11.8. The van der Waals surface area contributed by atoms with Crippen molar-refractivity contribution < 1.29 is 23.0 Å². The summed E-state index contributed by atoms with van der Waals surface area (Å²) >= 11 is 0. The maximum atomic E-state index is 13.0. The normalized spacial score (nSPS) is 18.2. The highest BCUT2D eigenvalue weighted by Gasteiger charge is 2.24. The maximum Gasteiger partial charge on any atom is 0.387 e. The number of nitrogens with one attached hydrogen (secondary N) is 2. The number of amides is 1. The van der Waals surface area contributed by atoms with Crippen molar-refractivity contribution in [1.29, 1.82) is 0 Å². The van der Waals surface area contributed by atoms with Gasteiger partial charge in [-0.3, -0.25) is 4.79 Å². The predicted molar refractivity (Wildman–Crippen MR) is 127 cm³/mol. The first-order valence-corrected chi connectivity index (χ1v) is 11.5. The molecule has 1 aromatic heterocycles. The number of ether oxygens (including phenoxy) is 2. The second-order valence-corrected chi connectivity index (χ2v) is 8.29. The molecule has 182 valence electrons. The lowest BCUT2D eigenvalue weighted by molar-refractivity contribution is -0.0505. The van der Waals surface area contributed by atoms with Crippen LogP contribution in [0.5, 0.6) is 5.75 Å². The largest absolute Gasteiger partial charge is 0.434 e. The molecule has 1 saturated heterocycles. The molecule has 1 fully saturated rings. The van der Waals surface area contributed by atoms with Crippen LogP contribution in [-0.2, 0) is 4.74 Å². The molecule has 10 heteroatoms. The zero-order valence-corrected chi connectivity index (χ0v) is 18.9. The van der Waals surface area contributed by atoms with E-state index in [0.717, 1.165) is 24.2 Å². The van der Waals surface area contributed by atoms with Crippen molar-refractivity contribution in [2.24, 2.45) is 0 Å². The van der Waals surface area contributed by atoms with Gasteiger partial charge in [0.2, 0.25) is 5.95 Å². The Hall–Kier alpha value is -3.79. The Bertz CT molecular complexity index is 1190. The van der Waals surface area contributed by atoms with Crippen molar-refractivity contribution in [3.05, 3.63) is 66.0 Å². The molecule has 0 bridgehead atoms. The minimum absolute atomic E-state index is 0.108. The minimum Gasteiger partial charge on any atom is -0.434 e. The van der Waals surface area contributed by atoms with Gasteiger partial charge in [-0.15, -0.1) is 0 Å². The molecule has 0 spiro atoms. The van der Waals surface area contributed by atoms with Crippen molar-refractivity contribution in [2.45, 2.75) is 19.1 Å². The van der Waals surface area contributed by atoms with E-state index < -0.39 is 6.61 Å². The molecule has 3 heterocycles. The lowest BCUT2D eigenvalue weighted by Crippen LogP contribution is -2.37. The highest BCUT2D eigenvalue weighted by molar-refractivity contribution is 6.00. The monoisotopic (exact) mass is 481 g/mol. The molecule has 2 aliphatic heterocycles. The quantitative estimate of drug-likeness (QED) is 0.572. The average Bonchev–Trinajstić information content (AvgIpc) is 2.87. The van der Waals surface area contributed by atoms with Gasteiger partial charge in [-0.25, -0.2) is 9.97 Å². The molecular formula is C25H25F2N5O3. The highest BCUT2D eigenvalue weighted by atomic mass is 19.3. The number of hydrogen-bond donors (Lipinski definition) is 2. The summed E-state index contributed by atoms with van der Waals surface area (Å²) in [4.78, 5) is 23.8.